The van der Waals surface area contributed by atoms with E-state index < -0.39 is 0 Å². The quantitative estimate of drug-likeness (QED) is 0.714. The Labute approximate surface area is 160 Å². The molecule has 1 aliphatic carbocycles. The molecule has 8 nitrogen and oxygen atoms in total. The van der Waals surface area contributed by atoms with Crippen LogP contribution in [0.25, 0.3) is 22.5 Å². The van der Waals surface area contributed by atoms with Crippen molar-refractivity contribution in [3.05, 3.63) is 23.2 Å². The lowest BCUT2D eigenvalue weighted by Crippen LogP contribution is -2.41. The van der Waals surface area contributed by atoms with E-state index in [0.717, 1.165) is 31.3 Å². The van der Waals surface area contributed by atoms with Crippen molar-refractivity contribution in [3.63, 3.8) is 0 Å². The number of benzene rings is 1. The molecule has 9 heteroatoms. The SMILES string of the molecule is O=C(CNc1nnc(-c2[nH]nc3c(Cl)cccc23)o1)N1CCC2(CC1)CC2. The van der Waals surface area contributed by atoms with Gasteiger partial charge in [0.1, 0.15) is 11.2 Å². The normalized spacial score (nSPS) is 18.2. The van der Waals surface area contributed by atoms with Gasteiger partial charge in [0.15, 0.2) is 0 Å². The van der Waals surface area contributed by atoms with Crippen LogP contribution >= 0.6 is 11.6 Å². The summed E-state index contributed by atoms with van der Waals surface area (Å²) in [5, 5.41) is 19.4. The molecule has 140 valence electrons. The molecular formula is C18H19ClN6O2. The fraction of sp³-hybridized carbons (Fsp3) is 0.444. The highest BCUT2D eigenvalue weighted by Crippen LogP contribution is 2.53. The molecule has 3 heterocycles. The average molecular weight is 387 g/mol. The van der Waals surface area contributed by atoms with E-state index in [-0.39, 0.29) is 18.5 Å². The number of aromatic amines is 1. The first kappa shape index (κ1) is 16.6. The van der Waals surface area contributed by atoms with Gasteiger partial charge in [-0.25, -0.2) is 0 Å². The molecule has 1 aromatic carbocycles. The van der Waals surface area contributed by atoms with Crippen LogP contribution in [0.3, 0.4) is 0 Å². The lowest BCUT2D eigenvalue weighted by Gasteiger charge is -2.32. The van der Waals surface area contributed by atoms with Gasteiger partial charge in [-0.3, -0.25) is 9.89 Å². The summed E-state index contributed by atoms with van der Waals surface area (Å²) in [7, 11) is 0. The van der Waals surface area contributed by atoms with Gasteiger partial charge in [-0.2, -0.15) is 5.10 Å². The van der Waals surface area contributed by atoms with Crippen LogP contribution in [-0.4, -0.2) is 50.8 Å². The summed E-state index contributed by atoms with van der Waals surface area (Å²) in [6.07, 6.45) is 4.90. The van der Waals surface area contributed by atoms with E-state index in [1.54, 1.807) is 6.07 Å². The summed E-state index contributed by atoms with van der Waals surface area (Å²) in [6.45, 7) is 1.83. The van der Waals surface area contributed by atoms with E-state index >= 15 is 0 Å². The Kier molecular flexibility index (Phi) is 3.82. The fourth-order valence-corrected chi connectivity index (χ4v) is 3.95. The van der Waals surface area contributed by atoms with Crippen LogP contribution in [-0.2, 0) is 4.79 Å². The minimum absolute atomic E-state index is 0.0593. The van der Waals surface area contributed by atoms with Gasteiger partial charge in [0.05, 0.1) is 11.6 Å². The van der Waals surface area contributed by atoms with Crippen LogP contribution < -0.4 is 5.32 Å². The molecule has 2 fully saturated rings. The summed E-state index contributed by atoms with van der Waals surface area (Å²) < 4.78 is 5.64. The molecule has 5 rings (SSSR count). The lowest BCUT2D eigenvalue weighted by molar-refractivity contribution is -0.130. The monoisotopic (exact) mass is 386 g/mol. The number of H-pyrrole nitrogens is 1. The molecule has 0 atom stereocenters. The van der Waals surface area contributed by atoms with E-state index in [9.17, 15) is 4.79 Å². The van der Waals surface area contributed by atoms with E-state index in [2.05, 4.69) is 25.7 Å². The number of rotatable bonds is 4. The molecule has 2 N–H and O–H groups in total. The number of likely N-dealkylation sites (tertiary alicyclic amines) is 1. The van der Waals surface area contributed by atoms with Gasteiger partial charge in [-0.05, 0) is 37.2 Å². The molecule has 1 spiro atoms. The number of amides is 1. The van der Waals surface area contributed by atoms with Crippen LogP contribution in [0, 0.1) is 5.41 Å². The summed E-state index contributed by atoms with van der Waals surface area (Å²) in [5.74, 6) is 0.354. The predicted molar refractivity (Wildman–Crippen MR) is 100 cm³/mol. The topological polar surface area (TPSA) is 99.9 Å². The molecule has 0 unspecified atom stereocenters. The largest absolute Gasteiger partial charge is 0.402 e. The number of nitrogens with one attached hydrogen (secondary N) is 2. The number of hydrogen-bond donors (Lipinski definition) is 2. The minimum atomic E-state index is 0.0593. The second kappa shape index (κ2) is 6.23. The Morgan fingerprint density at radius 1 is 1.26 bits per heavy atom. The first-order chi connectivity index (χ1) is 13.1. The van der Waals surface area contributed by atoms with Gasteiger partial charge in [-0.15, -0.1) is 5.10 Å². The van der Waals surface area contributed by atoms with Crippen molar-refractivity contribution in [2.45, 2.75) is 25.7 Å². The smallest absolute Gasteiger partial charge is 0.316 e. The zero-order chi connectivity index (χ0) is 18.4. The second-order valence-corrected chi connectivity index (χ2v) is 7.79. The molecule has 3 aromatic rings. The number of hydrogen-bond acceptors (Lipinski definition) is 6. The molecule has 1 amide bonds. The van der Waals surface area contributed by atoms with Crippen LogP contribution in [0.15, 0.2) is 22.6 Å². The number of para-hydroxylation sites is 1. The molecule has 0 bridgehead atoms. The number of halogens is 1. The second-order valence-electron chi connectivity index (χ2n) is 7.38. The van der Waals surface area contributed by atoms with E-state index in [0.29, 0.717) is 27.5 Å². The minimum Gasteiger partial charge on any atom is -0.402 e. The van der Waals surface area contributed by atoms with E-state index in [1.807, 2.05) is 17.0 Å². The van der Waals surface area contributed by atoms with Crippen LogP contribution in [0.1, 0.15) is 25.7 Å². The van der Waals surface area contributed by atoms with Gasteiger partial charge >= 0.3 is 6.01 Å². The highest BCUT2D eigenvalue weighted by Gasteiger charge is 2.44. The fourth-order valence-electron chi connectivity index (χ4n) is 3.73. The van der Waals surface area contributed by atoms with Crippen molar-refractivity contribution in [2.24, 2.45) is 5.41 Å². The molecule has 2 aliphatic rings. The number of anilines is 1. The third kappa shape index (κ3) is 3.03. The first-order valence-electron chi connectivity index (χ1n) is 9.12. The standard InChI is InChI=1S/C18H19ClN6O2/c19-12-3-1-2-11-14(12)21-22-15(11)16-23-24-17(27-16)20-10-13(26)25-8-6-18(4-5-18)7-9-25/h1-3H,4-10H2,(H,20,24)(H,21,22). The number of nitrogens with zero attached hydrogens (tertiary/aromatic N) is 4. The number of carbonyl (C=O) groups excluding carboxylic acids is 1. The zero-order valence-corrected chi connectivity index (χ0v) is 15.4. The van der Waals surface area contributed by atoms with Gasteiger partial charge in [0.2, 0.25) is 5.91 Å². The molecule has 1 saturated heterocycles. The Bertz CT molecular complexity index is 998. The first-order valence-corrected chi connectivity index (χ1v) is 9.50. The maximum Gasteiger partial charge on any atom is 0.316 e. The molecule has 2 aromatic heterocycles. The Morgan fingerprint density at radius 3 is 2.85 bits per heavy atom. The van der Waals surface area contributed by atoms with Gasteiger partial charge in [-0.1, -0.05) is 28.8 Å². The van der Waals surface area contributed by atoms with Crippen molar-refractivity contribution >= 4 is 34.4 Å². The van der Waals surface area contributed by atoms with Crippen molar-refractivity contribution < 1.29 is 9.21 Å². The van der Waals surface area contributed by atoms with Crippen LogP contribution in [0.2, 0.25) is 5.02 Å². The van der Waals surface area contributed by atoms with Gasteiger partial charge in [0.25, 0.3) is 5.89 Å². The van der Waals surface area contributed by atoms with Crippen molar-refractivity contribution in [1.82, 2.24) is 25.3 Å². The highest BCUT2D eigenvalue weighted by molar-refractivity contribution is 6.35. The summed E-state index contributed by atoms with van der Waals surface area (Å²) >= 11 is 6.14. The maximum atomic E-state index is 12.4. The molecule has 0 radical (unpaired) electrons. The number of carbonyl (C=O) groups is 1. The Balaban J connectivity index is 1.24. The third-order valence-corrected chi connectivity index (χ3v) is 6.00. The number of piperidine rings is 1. The molecule has 27 heavy (non-hydrogen) atoms. The van der Waals surface area contributed by atoms with Crippen molar-refractivity contribution in [1.29, 1.82) is 0 Å². The summed E-state index contributed by atoms with van der Waals surface area (Å²) in [6, 6.07) is 5.69. The van der Waals surface area contributed by atoms with Crippen molar-refractivity contribution in [2.75, 3.05) is 25.0 Å². The number of aromatic nitrogens is 4. The predicted octanol–water partition coefficient (Wildman–Crippen LogP) is 3.08. The Morgan fingerprint density at radius 2 is 2.07 bits per heavy atom. The lowest BCUT2D eigenvalue weighted by atomic mass is 9.94. The number of fused-ring (bicyclic) bond motifs is 1. The molecule has 1 aliphatic heterocycles. The Hall–Kier alpha value is -2.61. The third-order valence-electron chi connectivity index (χ3n) is 5.70. The zero-order valence-electron chi connectivity index (χ0n) is 14.7. The highest BCUT2D eigenvalue weighted by atomic mass is 35.5. The average Bonchev–Trinajstić information content (AvgIpc) is 3.09. The van der Waals surface area contributed by atoms with Gasteiger partial charge < -0.3 is 14.6 Å². The van der Waals surface area contributed by atoms with E-state index in [1.165, 1.54) is 12.8 Å². The molecular weight excluding hydrogens is 368 g/mol. The summed E-state index contributed by atoms with van der Waals surface area (Å²) in [4.78, 5) is 14.3. The maximum absolute atomic E-state index is 12.4. The molecule has 1 saturated carbocycles. The van der Waals surface area contributed by atoms with E-state index in [4.69, 9.17) is 16.0 Å². The van der Waals surface area contributed by atoms with Crippen molar-refractivity contribution in [3.8, 4) is 11.6 Å². The van der Waals surface area contributed by atoms with Gasteiger partial charge in [0, 0.05) is 18.5 Å². The van der Waals surface area contributed by atoms with Crippen LogP contribution in [0.4, 0.5) is 6.01 Å². The summed E-state index contributed by atoms with van der Waals surface area (Å²) in [5.41, 5.74) is 1.81. The van der Waals surface area contributed by atoms with Crippen LogP contribution in [0.5, 0.6) is 0 Å².